The summed E-state index contributed by atoms with van der Waals surface area (Å²) in [5.74, 6) is 1.49. The lowest BCUT2D eigenvalue weighted by Crippen LogP contribution is -2.21. The van der Waals surface area contributed by atoms with Gasteiger partial charge in [-0.3, -0.25) is 0 Å². The molecule has 0 bridgehead atoms. The van der Waals surface area contributed by atoms with Crippen molar-refractivity contribution in [2.24, 2.45) is 11.7 Å². The molecule has 2 atom stereocenters. The molecule has 106 valence electrons. The fourth-order valence-electron chi connectivity index (χ4n) is 2.65. The van der Waals surface area contributed by atoms with Gasteiger partial charge in [0.2, 0.25) is 0 Å². The largest absolute Gasteiger partial charge is 0.495 e. The second-order valence-electron chi connectivity index (χ2n) is 5.47. The van der Waals surface area contributed by atoms with Crippen molar-refractivity contribution in [2.45, 2.75) is 32.2 Å². The molecule has 1 heterocycles. The first-order valence-corrected chi connectivity index (χ1v) is 7.32. The lowest BCUT2D eigenvalue weighted by molar-refractivity contribution is 0.415. The third kappa shape index (κ3) is 3.77. The molecule has 2 rings (SSSR count). The van der Waals surface area contributed by atoms with Crippen LogP contribution < -0.4 is 15.4 Å². The minimum Gasteiger partial charge on any atom is -0.495 e. The Morgan fingerprint density at radius 3 is 2.95 bits per heavy atom. The van der Waals surface area contributed by atoms with Gasteiger partial charge in [0.25, 0.3) is 0 Å². The fourth-order valence-corrected chi connectivity index (χ4v) is 2.91. The van der Waals surface area contributed by atoms with Crippen molar-refractivity contribution in [1.29, 1.82) is 0 Å². The van der Waals surface area contributed by atoms with E-state index < -0.39 is 0 Å². The summed E-state index contributed by atoms with van der Waals surface area (Å²) in [5, 5.41) is 0.680. The monoisotopic (exact) mass is 282 g/mol. The highest BCUT2D eigenvalue weighted by Crippen LogP contribution is 2.32. The van der Waals surface area contributed by atoms with E-state index in [0.29, 0.717) is 11.1 Å². The van der Waals surface area contributed by atoms with Gasteiger partial charge >= 0.3 is 0 Å². The van der Waals surface area contributed by atoms with Gasteiger partial charge in [0.1, 0.15) is 5.75 Å². The van der Waals surface area contributed by atoms with Crippen molar-refractivity contribution in [2.75, 3.05) is 25.1 Å². The van der Waals surface area contributed by atoms with Crippen LogP contribution in [0.5, 0.6) is 5.75 Å². The van der Waals surface area contributed by atoms with Gasteiger partial charge in [-0.1, -0.05) is 11.6 Å². The van der Waals surface area contributed by atoms with E-state index in [4.69, 9.17) is 22.1 Å². The fraction of sp³-hybridized carbons (Fsp3) is 0.600. The molecule has 3 nitrogen and oxygen atoms in total. The zero-order valence-electron chi connectivity index (χ0n) is 11.7. The van der Waals surface area contributed by atoms with Gasteiger partial charge in [0.05, 0.1) is 12.1 Å². The zero-order chi connectivity index (χ0) is 13.8. The molecule has 1 aromatic carbocycles. The van der Waals surface area contributed by atoms with Crippen LogP contribution in [0, 0.1) is 5.92 Å². The topological polar surface area (TPSA) is 38.5 Å². The average molecular weight is 283 g/mol. The van der Waals surface area contributed by atoms with Crippen LogP contribution in [0.4, 0.5) is 5.69 Å². The third-order valence-corrected chi connectivity index (χ3v) is 4.11. The van der Waals surface area contributed by atoms with Gasteiger partial charge < -0.3 is 15.4 Å². The highest BCUT2D eigenvalue weighted by Gasteiger charge is 2.23. The summed E-state index contributed by atoms with van der Waals surface area (Å²) in [6.45, 7) is 4.29. The molecule has 0 aromatic heterocycles. The Labute approximate surface area is 120 Å². The Balaban J connectivity index is 1.95. The van der Waals surface area contributed by atoms with E-state index in [2.05, 4.69) is 17.9 Å². The van der Waals surface area contributed by atoms with E-state index in [9.17, 15) is 0 Å². The van der Waals surface area contributed by atoms with Crippen LogP contribution in [0.15, 0.2) is 18.2 Å². The van der Waals surface area contributed by atoms with Crippen LogP contribution in [-0.2, 0) is 0 Å². The van der Waals surface area contributed by atoms with Crippen molar-refractivity contribution in [1.82, 2.24) is 0 Å². The number of methoxy groups -OCH3 is 1. The molecule has 1 saturated heterocycles. The van der Waals surface area contributed by atoms with E-state index in [1.807, 2.05) is 12.1 Å². The van der Waals surface area contributed by atoms with Crippen molar-refractivity contribution in [3.05, 3.63) is 23.2 Å². The molecule has 0 spiro atoms. The van der Waals surface area contributed by atoms with Crippen molar-refractivity contribution in [3.63, 3.8) is 0 Å². The lowest BCUT2D eigenvalue weighted by Gasteiger charge is -2.20. The normalized spacial score (nSPS) is 20.6. The van der Waals surface area contributed by atoms with E-state index in [1.165, 1.54) is 18.5 Å². The molecular weight excluding hydrogens is 260 g/mol. The SMILES string of the molecule is COc1ccc(N2CCC(CCC(C)N)C2)cc1Cl. The lowest BCUT2D eigenvalue weighted by atomic mass is 10.0. The Hall–Kier alpha value is -0.930. The number of nitrogens with zero attached hydrogens (tertiary/aromatic N) is 1. The number of halogens is 1. The summed E-state index contributed by atoms with van der Waals surface area (Å²) in [7, 11) is 1.64. The molecule has 1 aliphatic heterocycles. The van der Waals surface area contributed by atoms with Crippen LogP contribution in [0.3, 0.4) is 0 Å². The third-order valence-electron chi connectivity index (χ3n) is 3.82. The first-order valence-electron chi connectivity index (χ1n) is 6.94. The predicted molar refractivity (Wildman–Crippen MR) is 81.2 cm³/mol. The number of ether oxygens (including phenoxy) is 1. The standard InChI is InChI=1S/C15H23ClN2O/c1-11(17)3-4-12-7-8-18(10-12)13-5-6-15(19-2)14(16)9-13/h5-6,9,11-12H,3-4,7-8,10,17H2,1-2H3. The number of anilines is 1. The molecule has 0 radical (unpaired) electrons. The van der Waals surface area contributed by atoms with Gasteiger partial charge in [0, 0.05) is 24.8 Å². The summed E-state index contributed by atoms with van der Waals surface area (Å²) in [5.41, 5.74) is 7.01. The minimum absolute atomic E-state index is 0.310. The van der Waals surface area contributed by atoms with Gasteiger partial charge in [0.15, 0.2) is 0 Å². The number of benzene rings is 1. The second kappa shape index (κ2) is 6.49. The molecular formula is C15H23ClN2O. The molecule has 1 fully saturated rings. The molecule has 2 N–H and O–H groups in total. The van der Waals surface area contributed by atoms with Gasteiger partial charge in [-0.25, -0.2) is 0 Å². The first kappa shape index (κ1) is 14.5. The van der Waals surface area contributed by atoms with E-state index >= 15 is 0 Å². The Morgan fingerprint density at radius 1 is 1.53 bits per heavy atom. The first-order chi connectivity index (χ1) is 9.10. The van der Waals surface area contributed by atoms with Gasteiger partial charge in [-0.05, 0) is 50.3 Å². The number of nitrogens with two attached hydrogens (primary N) is 1. The maximum Gasteiger partial charge on any atom is 0.137 e. The zero-order valence-corrected chi connectivity index (χ0v) is 12.5. The van der Waals surface area contributed by atoms with Crippen LogP contribution in [0.1, 0.15) is 26.2 Å². The average Bonchev–Trinajstić information content (AvgIpc) is 2.85. The maximum atomic E-state index is 6.18. The summed E-state index contributed by atoms with van der Waals surface area (Å²) in [6.07, 6.45) is 3.58. The van der Waals surface area contributed by atoms with Crippen LogP contribution in [0.2, 0.25) is 5.02 Å². The maximum absolute atomic E-state index is 6.18. The Morgan fingerprint density at radius 2 is 2.32 bits per heavy atom. The van der Waals surface area contributed by atoms with E-state index in [0.717, 1.165) is 31.2 Å². The molecule has 1 aliphatic rings. The van der Waals surface area contributed by atoms with Crippen molar-refractivity contribution < 1.29 is 4.74 Å². The predicted octanol–water partition coefficient (Wildman–Crippen LogP) is 3.30. The van der Waals surface area contributed by atoms with E-state index in [-0.39, 0.29) is 0 Å². The summed E-state index contributed by atoms with van der Waals surface area (Å²) in [6, 6.07) is 6.32. The number of hydrogen-bond donors (Lipinski definition) is 1. The minimum atomic E-state index is 0.310. The van der Waals surface area contributed by atoms with Gasteiger partial charge in [-0.2, -0.15) is 0 Å². The smallest absolute Gasteiger partial charge is 0.137 e. The Kier molecular flexibility index (Phi) is 4.94. The van der Waals surface area contributed by atoms with Crippen molar-refractivity contribution in [3.8, 4) is 5.75 Å². The van der Waals surface area contributed by atoms with Crippen LogP contribution in [0.25, 0.3) is 0 Å². The molecule has 4 heteroatoms. The number of rotatable bonds is 5. The van der Waals surface area contributed by atoms with Crippen LogP contribution >= 0.6 is 11.6 Å². The molecule has 0 saturated carbocycles. The molecule has 2 unspecified atom stereocenters. The Bertz CT molecular complexity index is 423. The van der Waals surface area contributed by atoms with E-state index in [1.54, 1.807) is 7.11 Å². The number of hydrogen-bond acceptors (Lipinski definition) is 3. The highest BCUT2D eigenvalue weighted by molar-refractivity contribution is 6.32. The van der Waals surface area contributed by atoms with Crippen molar-refractivity contribution >= 4 is 17.3 Å². The summed E-state index contributed by atoms with van der Waals surface area (Å²) >= 11 is 6.18. The molecule has 1 aromatic rings. The van der Waals surface area contributed by atoms with Gasteiger partial charge in [-0.15, -0.1) is 0 Å². The quantitative estimate of drug-likeness (QED) is 0.900. The molecule has 0 aliphatic carbocycles. The summed E-state index contributed by atoms with van der Waals surface area (Å²) in [4.78, 5) is 2.40. The summed E-state index contributed by atoms with van der Waals surface area (Å²) < 4.78 is 5.18. The highest BCUT2D eigenvalue weighted by atomic mass is 35.5. The molecule has 0 amide bonds. The molecule has 19 heavy (non-hydrogen) atoms. The van der Waals surface area contributed by atoms with Crippen LogP contribution in [-0.4, -0.2) is 26.2 Å². The second-order valence-corrected chi connectivity index (χ2v) is 5.88.